The molecule has 0 radical (unpaired) electrons. The van der Waals surface area contributed by atoms with Gasteiger partial charge in [0.05, 0.1) is 0 Å². The minimum absolute atomic E-state index is 0. The minimum Gasteiger partial charge on any atom is -0.326 e. The molecule has 1 aliphatic rings. The van der Waals surface area contributed by atoms with Crippen LogP contribution >= 0.6 is 12.4 Å². The highest BCUT2D eigenvalue weighted by atomic mass is 35.5. The first-order valence-electron chi connectivity index (χ1n) is 5.53. The molecule has 0 unspecified atom stereocenters. The summed E-state index contributed by atoms with van der Waals surface area (Å²) >= 11 is 0. The molecule has 17 heavy (non-hydrogen) atoms. The van der Waals surface area contributed by atoms with Crippen LogP contribution < -0.4 is 11.1 Å². The normalized spacial score (nSPS) is 18.7. The molecule has 0 aromatic heterocycles. The van der Waals surface area contributed by atoms with Crippen LogP contribution in [0.5, 0.6) is 0 Å². The summed E-state index contributed by atoms with van der Waals surface area (Å²) in [6.45, 7) is 3.40. The molecule has 0 spiro atoms. The first-order chi connectivity index (χ1) is 7.65. The van der Waals surface area contributed by atoms with Crippen molar-refractivity contribution in [3.63, 3.8) is 0 Å². The molecule has 2 rings (SSSR count). The van der Waals surface area contributed by atoms with Gasteiger partial charge >= 0.3 is 6.03 Å². The van der Waals surface area contributed by atoms with E-state index in [-0.39, 0.29) is 24.5 Å². The lowest BCUT2D eigenvalue weighted by Gasteiger charge is -2.16. The molecule has 94 valence electrons. The van der Waals surface area contributed by atoms with Crippen LogP contribution in [-0.2, 0) is 0 Å². The topological polar surface area (TPSA) is 58.4 Å². The van der Waals surface area contributed by atoms with Crippen LogP contribution in [0.25, 0.3) is 0 Å². The van der Waals surface area contributed by atoms with Crippen LogP contribution in [-0.4, -0.2) is 30.1 Å². The predicted octanol–water partition coefficient (Wildman–Crippen LogP) is 1.98. The molecule has 0 bridgehead atoms. The van der Waals surface area contributed by atoms with Gasteiger partial charge in [0.2, 0.25) is 0 Å². The van der Waals surface area contributed by atoms with Crippen molar-refractivity contribution in [2.24, 2.45) is 5.73 Å². The fraction of sp³-hybridized carbons (Fsp3) is 0.417. The fourth-order valence-corrected chi connectivity index (χ4v) is 1.90. The Kier molecular flexibility index (Phi) is 4.78. The first-order valence-corrected chi connectivity index (χ1v) is 5.53. The third kappa shape index (κ3) is 3.61. The number of carbonyl (C=O) groups is 1. The molecule has 2 amide bonds. The molecule has 1 aromatic carbocycles. The van der Waals surface area contributed by atoms with Gasteiger partial charge in [-0.2, -0.15) is 0 Å². The van der Waals surface area contributed by atoms with E-state index in [0.29, 0.717) is 6.54 Å². The molecule has 1 fully saturated rings. The summed E-state index contributed by atoms with van der Waals surface area (Å²) in [4.78, 5) is 13.6. The van der Waals surface area contributed by atoms with E-state index in [2.05, 4.69) is 5.32 Å². The molecule has 1 aliphatic heterocycles. The van der Waals surface area contributed by atoms with Gasteiger partial charge in [-0.3, -0.25) is 0 Å². The minimum atomic E-state index is -0.0569. The summed E-state index contributed by atoms with van der Waals surface area (Å²) in [5.74, 6) is 0. The van der Waals surface area contributed by atoms with E-state index < -0.39 is 0 Å². The van der Waals surface area contributed by atoms with Crippen molar-refractivity contribution in [2.45, 2.75) is 19.4 Å². The van der Waals surface area contributed by atoms with Crippen LogP contribution in [0.2, 0.25) is 0 Å². The highest BCUT2D eigenvalue weighted by Gasteiger charge is 2.23. The molecule has 5 heteroatoms. The molecular formula is C12H18ClN3O. The van der Waals surface area contributed by atoms with Crippen molar-refractivity contribution in [3.8, 4) is 0 Å². The van der Waals surface area contributed by atoms with Crippen molar-refractivity contribution in [3.05, 3.63) is 29.8 Å². The van der Waals surface area contributed by atoms with E-state index in [1.165, 1.54) is 0 Å². The predicted molar refractivity (Wildman–Crippen MR) is 71.6 cm³/mol. The number of likely N-dealkylation sites (tertiary alicyclic amines) is 1. The summed E-state index contributed by atoms with van der Waals surface area (Å²) in [5.41, 5.74) is 7.73. The van der Waals surface area contributed by atoms with E-state index in [4.69, 9.17) is 5.73 Å². The van der Waals surface area contributed by atoms with E-state index in [1.54, 1.807) is 4.90 Å². The quantitative estimate of drug-likeness (QED) is 0.806. The number of benzene rings is 1. The summed E-state index contributed by atoms with van der Waals surface area (Å²) in [5, 5.41) is 2.88. The van der Waals surface area contributed by atoms with Crippen molar-refractivity contribution in [2.75, 3.05) is 18.4 Å². The second-order valence-corrected chi connectivity index (χ2v) is 4.29. The third-order valence-electron chi connectivity index (χ3n) is 2.78. The fourth-order valence-electron chi connectivity index (χ4n) is 1.90. The second kappa shape index (κ2) is 5.89. The van der Waals surface area contributed by atoms with Crippen molar-refractivity contribution < 1.29 is 4.79 Å². The van der Waals surface area contributed by atoms with Crippen molar-refractivity contribution >= 4 is 24.1 Å². The van der Waals surface area contributed by atoms with Gasteiger partial charge in [0.15, 0.2) is 0 Å². The molecule has 4 nitrogen and oxygen atoms in total. The third-order valence-corrected chi connectivity index (χ3v) is 2.78. The van der Waals surface area contributed by atoms with Gasteiger partial charge < -0.3 is 16.0 Å². The largest absolute Gasteiger partial charge is 0.326 e. The number of rotatable bonds is 1. The van der Waals surface area contributed by atoms with Crippen LogP contribution in [0.4, 0.5) is 10.5 Å². The van der Waals surface area contributed by atoms with Crippen LogP contribution in [0.1, 0.15) is 12.0 Å². The zero-order chi connectivity index (χ0) is 11.5. The first kappa shape index (κ1) is 13.8. The SMILES string of the molecule is Cc1cccc(NC(=O)N2CC[C@H](N)C2)c1.Cl. The molecule has 1 aromatic rings. The number of nitrogens with zero attached hydrogens (tertiary/aromatic N) is 1. The Morgan fingerprint density at radius 1 is 1.53 bits per heavy atom. The molecule has 1 atom stereocenters. The van der Waals surface area contributed by atoms with Gasteiger partial charge in [-0.05, 0) is 31.0 Å². The number of urea groups is 1. The second-order valence-electron chi connectivity index (χ2n) is 4.29. The Morgan fingerprint density at radius 3 is 2.88 bits per heavy atom. The van der Waals surface area contributed by atoms with Crippen molar-refractivity contribution in [1.82, 2.24) is 4.90 Å². The lowest BCUT2D eigenvalue weighted by Crippen LogP contribution is -2.35. The number of anilines is 1. The summed E-state index contributed by atoms with van der Waals surface area (Å²) in [6.07, 6.45) is 0.890. The van der Waals surface area contributed by atoms with Gasteiger partial charge in [0, 0.05) is 24.8 Å². The number of amides is 2. The Bertz CT molecular complexity index is 397. The smallest absolute Gasteiger partial charge is 0.321 e. The average Bonchev–Trinajstić information content (AvgIpc) is 2.65. The number of aryl methyl sites for hydroxylation is 1. The summed E-state index contributed by atoms with van der Waals surface area (Å²) < 4.78 is 0. The maximum Gasteiger partial charge on any atom is 0.321 e. The molecule has 3 N–H and O–H groups in total. The molecule has 1 saturated heterocycles. The van der Waals surface area contributed by atoms with Gasteiger partial charge in [-0.1, -0.05) is 12.1 Å². The number of nitrogens with two attached hydrogens (primary N) is 1. The standard InChI is InChI=1S/C12H17N3O.ClH/c1-9-3-2-4-11(7-9)14-12(16)15-6-5-10(13)8-15;/h2-4,7,10H,5-6,8,13H2,1H3,(H,14,16);1H/t10-;/m0./s1. The number of halogens is 1. The average molecular weight is 256 g/mol. The van der Waals surface area contributed by atoms with Crippen LogP contribution in [0.15, 0.2) is 24.3 Å². The van der Waals surface area contributed by atoms with Crippen LogP contribution in [0.3, 0.4) is 0 Å². The highest BCUT2D eigenvalue weighted by molar-refractivity contribution is 5.89. The van der Waals surface area contributed by atoms with E-state index >= 15 is 0 Å². The zero-order valence-electron chi connectivity index (χ0n) is 9.85. The number of hydrogen-bond acceptors (Lipinski definition) is 2. The molecule has 1 heterocycles. The van der Waals surface area contributed by atoms with Gasteiger partial charge in [0.1, 0.15) is 0 Å². The maximum atomic E-state index is 11.8. The van der Waals surface area contributed by atoms with Gasteiger partial charge in [0.25, 0.3) is 0 Å². The highest BCUT2D eigenvalue weighted by Crippen LogP contribution is 2.13. The van der Waals surface area contributed by atoms with Crippen LogP contribution in [0, 0.1) is 6.92 Å². The molecule has 0 saturated carbocycles. The van der Waals surface area contributed by atoms with Gasteiger partial charge in [-0.15, -0.1) is 12.4 Å². The van der Waals surface area contributed by atoms with E-state index in [0.717, 1.165) is 24.2 Å². The van der Waals surface area contributed by atoms with Gasteiger partial charge in [-0.25, -0.2) is 4.79 Å². The maximum absolute atomic E-state index is 11.8. The Morgan fingerprint density at radius 2 is 2.29 bits per heavy atom. The Hall–Kier alpha value is -1.26. The molecule has 0 aliphatic carbocycles. The summed E-state index contributed by atoms with van der Waals surface area (Å²) in [6, 6.07) is 7.85. The Balaban J connectivity index is 0.00000144. The van der Waals surface area contributed by atoms with E-state index in [9.17, 15) is 4.79 Å². The lowest BCUT2D eigenvalue weighted by molar-refractivity contribution is 0.222. The van der Waals surface area contributed by atoms with E-state index in [1.807, 2.05) is 31.2 Å². The number of carbonyl (C=O) groups excluding carboxylic acids is 1. The number of nitrogens with one attached hydrogen (secondary N) is 1. The zero-order valence-corrected chi connectivity index (χ0v) is 10.7. The molecular weight excluding hydrogens is 238 g/mol. The number of hydrogen-bond donors (Lipinski definition) is 2. The monoisotopic (exact) mass is 255 g/mol. The van der Waals surface area contributed by atoms with Crippen molar-refractivity contribution in [1.29, 1.82) is 0 Å². The lowest BCUT2D eigenvalue weighted by atomic mass is 10.2. The Labute approximate surface area is 108 Å². The summed E-state index contributed by atoms with van der Waals surface area (Å²) in [7, 11) is 0.